The third-order valence-corrected chi connectivity index (χ3v) is 4.47. The summed E-state index contributed by atoms with van der Waals surface area (Å²) in [5.74, 6) is -2.42. The smallest absolute Gasteiger partial charge is 0.323 e. The van der Waals surface area contributed by atoms with Gasteiger partial charge in [0.2, 0.25) is 0 Å². The molecule has 2 aliphatic rings. The van der Waals surface area contributed by atoms with Crippen molar-refractivity contribution in [3.8, 4) is 0 Å². The summed E-state index contributed by atoms with van der Waals surface area (Å²) in [6.07, 6.45) is 7.60. The Balaban J connectivity index is 1.82. The molecular formula is C18H15N3O4. The van der Waals surface area contributed by atoms with Gasteiger partial charge in [-0.15, -0.1) is 0 Å². The van der Waals surface area contributed by atoms with Crippen molar-refractivity contribution < 1.29 is 19.5 Å². The second-order valence-electron chi connectivity index (χ2n) is 6.14. The van der Waals surface area contributed by atoms with Gasteiger partial charge in [0.15, 0.2) is 0 Å². The standard InChI is InChI=1S/C18H15N3O4/c22-16(23)9-21-17(24)10-7-14-15(8-11(10)18(21)25)20-13-6-4-2-1-3-5-12(13)19-14/h1-2,7-8H,3-6,9H2,(H,22,23)/b2-1-. The maximum absolute atomic E-state index is 12.4. The summed E-state index contributed by atoms with van der Waals surface area (Å²) in [6, 6.07) is 3.10. The summed E-state index contributed by atoms with van der Waals surface area (Å²) >= 11 is 0. The highest BCUT2D eigenvalue weighted by Gasteiger charge is 2.37. The fraction of sp³-hybridized carbons (Fsp3) is 0.278. The van der Waals surface area contributed by atoms with Gasteiger partial charge in [-0.2, -0.15) is 0 Å². The molecule has 0 radical (unpaired) electrons. The van der Waals surface area contributed by atoms with E-state index in [1.165, 1.54) is 0 Å². The van der Waals surface area contributed by atoms with Crippen molar-refractivity contribution in [1.29, 1.82) is 0 Å². The summed E-state index contributed by atoms with van der Waals surface area (Å²) < 4.78 is 0. The Morgan fingerprint density at radius 2 is 1.44 bits per heavy atom. The predicted octanol–water partition coefficient (Wildman–Crippen LogP) is 1.75. The lowest BCUT2D eigenvalue weighted by Crippen LogP contribution is -2.34. The minimum Gasteiger partial charge on any atom is -0.480 e. The monoisotopic (exact) mass is 337 g/mol. The fourth-order valence-electron chi connectivity index (χ4n) is 3.27. The van der Waals surface area contributed by atoms with Crippen molar-refractivity contribution in [2.75, 3.05) is 6.54 Å². The fourth-order valence-corrected chi connectivity index (χ4v) is 3.27. The molecule has 2 amide bonds. The topological polar surface area (TPSA) is 100 Å². The molecule has 0 unspecified atom stereocenters. The van der Waals surface area contributed by atoms with E-state index in [0.29, 0.717) is 11.0 Å². The Morgan fingerprint density at radius 3 is 1.88 bits per heavy atom. The van der Waals surface area contributed by atoms with Gasteiger partial charge in [-0.05, 0) is 37.8 Å². The van der Waals surface area contributed by atoms with Crippen molar-refractivity contribution in [3.05, 3.63) is 46.8 Å². The molecule has 4 rings (SSSR count). The molecule has 1 aromatic heterocycles. The SMILES string of the molecule is O=C(O)CN1C(=O)c2cc3nc4c(nc3cc2C1=O)CC/C=C\CC4. The van der Waals surface area contributed by atoms with Crippen LogP contribution in [0.2, 0.25) is 0 Å². The van der Waals surface area contributed by atoms with E-state index < -0.39 is 24.3 Å². The number of aromatic nitrogens is 2. The number of carboxylic acid groups (broad SMARTS) is 1. The van der Waals surface area contributed by atoms with Crippen LogP contribution in [0.3, 0.4) is 0 Å². The van der Waals surface area contributed by atoms with E-state index in [1.807, 2.05) is 0 Å². The number of aliphatic carboxylic acids is 1. The first-order valence-corrected chi connectivity index (χ1v) is 8.11. The number of hydrogen-bond donors (Lipinski definition) is 1. The van der Waals surface area contributed by atoms with Crippen molar-refractivity contribution >= 4 is 28.8 Å². The van der Waals surface area contributed by atoms with Crippen LogP contribution in [0.25, 0.3) is 11.0 Å². The van der Waals surface area contributed by atoms with Crippen LogP contribution in [-0.2, 0) is 17.6 Å². The third-order valence-electron chi connectivity index (χ3n) is 4.47. The molecule has 0 atom stereocenters. The average Bonchev–Trinajstić information content (AvgIpc) is 2.77. The van der Waals surface area contributed by atoms with E-state index in [2.05, 4.69) is 22.1 Å². The lowest BCUT2D eigenvalue weighted by Gasteiger charge is -2.11. The van der Waals surface area contributed by atoms with E-state index in [1.54, 1.807) is 12.1 Å². The highest BCUT2D eigenvalue weighted by atomic mass is 16.4. The number of benzene rings is 1. The van der Waals surface area contributed by atoms with Gasteiger partial charge in [0.1, 0.15) is 6.54 Å². The molecule has 2 heterocycles. The van der Waals surface area contributed by atoms with Crippen LogP contribution in [0, 0.1) is 0 Å². The van der Waals surface area contributed by atoms with Crippen LogP contribution in [0.1, 0.15) is 44.9 Å². The first kappa shape index (κ1) is 15.4. The zero-order valence-electron chi connectivity index (χ0n) is 13.4. The normalized spacial score (nSPS) is 17.8. The van der Waals surface area contributed by atoms with Gasteiger partial charge >= 0.3 is 5.97 Å². The minimum absolute atomic E-state index is 0.193. The minimum atomic E-state index is -1.23. The first-order chi connectivity index (χ1) is 12.0. The Labute approximate surface area is 143 Å². The Morgan fingerprint density at radius 1 is 0.960 bits per heavy atom. The number of hydrogen-bond acceptors (Lipinski definition) is 5. The number of carbonyl (C=O) groups excluding carboxylic acids is 2. The predicted molar refractivity (Wildman–Crippen MR) is 88.3 cm³/mol. The summed E-state index contributed by atoms with van der Waals surface area (Å²) in [7, 11) is 0. The van der Waals surface area contributed by atoms with Crippen LogP contribution in [-0.4, -0.2) is 44.3 Å². The lowest BCUT2D eigenvalue weighted by atomic mass is 10.0. The molecule has 0 saturated heterocycles. The molecule has 0 spiro atoms. The average molecular weight is 337 g/mol. The first-order valence-electron chi connectivity index (χ1n) is 8.11. The summed E-state index contributed by atoms with van der Waals surface area (Å²) in [6.45, 7) is -0.647. The van der Waals surface area contributed by atoms with Gasteiger partial charge < -0.3 is 5.11 Å². The molecule has 1 aliphatic heterocycles. The summed E-state index contributed by atoms with van der Waals surface area (Å²) in [5, 5.41) is 8.90. The third kappa shape index (κ3) is 2.57. The number of fused-ring (bicyclic) bond motifs is 3. The van der Waals surface area contributed by atoms with Gasteiger partial charge in [-0.3, -0.25) is 19.3 Å². The number of rotatable bonds is 2. The number of amides is 2. The van der Waals surface area contributed by atoms with Crippen molar-refractivity contribution in [3.63, 3.8) is 0 Å². The lowest BCUT2D eigenvalue weighted by molar-refractivity contribution is -0.137. The Kier molecular flexibility index (Phi) is 3.56. The van der Waals surface area contributed by atoms with Gasteiger partial charge in [0, 0.05) is 0 Å². The molecule has 1 aliphatic carbocycles. The summed E-state index contributed by atoms with van der Waals surface area (Å²) in [5.41, 5.74) is 3.32. The van der Waals surface area contributed by atoms with Crippen LogP contribution in [0.15, 0.2) is 24.3 Å². The van der Waals surface area contributed by atoms with E-state index in [0.717, 1.165) is 42.0 Å². The highest BCUT2D eigenvalue weighted by Crippen LogP contribution is 2.27. The highest BCUT2D eigenvalue weighted by molar-refractivity contribution is 6.23. The summed E-state index contributed by atoms with van der Waals surface area (Å²) in [4.78, 5) is 45.6. The number of nitrogens with zero attached hydrogens (tertiary/aromatic N) is 3. The molecule has 7 heteroatoms. The van der Waals surface area contributed by atoms with Crippen molar-refractivity contribution in [1.82, 2.24) is 14.9 Å². The molecule has 25 heavy (non-hydrogen) atoms. The Bertz CT molecular complexity index is 896. The molecule has 1 aromatic carbocycles. The number of allylic oxidation sites excluding steroid dienone is 2. The molecule has 0 saturated carbocycles. The molecule has 126 valence electrons. The molecule has 0 bridgehead atoms. The second-order valence-corrected chi connectivity index (χ2v) is 6.14. The van der Waals surface area contributed by atoms with Crippen LogP contribution in [0.5, 0.6) is 0 Å². The molecular weight excluding hydrogens is 322 g/mol. The number of imide groups is 1. The van der Waals surface area contributed by atoms with Crippen LogP contribution < -0.4 is 0 Å². The maximum Gasteiger partial charge on any atom is 0.323 e. The van der Waals surface area contributed by atoms with Crippen LogP contribution >= 0.6 is 0 Å². The number of carboxylic acids is 1. The Hall–Kier alpha value is -3.09. The van der Waals surface area contributed by atoms with Crippen LogP contribution in [0.4, 0.5) is 0 Å². The molecule has 7 nitrogen and oxygen atoms in total. The van der Waals surface area contributed by atoms with E-state index in [9.17, 15) is 14.4 Å². The molecule has 0 fully saturated rings. The quantitative estimate of drug-likeness (QED) is 0.662. The van der Waals surface area contributed by atoms with Crippen molar-refractivity contribution in [2.45, 2.75) is 25.7 Å². The van der Waals surface area contributed by atoms with E-state index in [-0.39, 0.29) is 11.1 Å². The molecule has 2 aromatic rings. The zero-order chi connectivity index (χ0) is 17.6. The van der Waals surface area contributed by atoms with Gasteiger partial charge in [0.25, 0.3) is 11.8 Å². The van der Waals surface area contributed by atoms with Gasteiger partial charge in [-0.25, -0.2) is 9.97 Å². The number of aryl methyl sites for hydroxylation is 2. The molecule has 1 N–H and O–H groups in total. The number of carbonyl (C=O) groups is 3. The van der Waals surface area contributed by atoms with Gasteiger partial charge in [0.05, 0.1) is 33.5 Å². The van der Waals surface area contributed by atoms with Crippen molar-refractivity contribution in [2.24, 2.45) is 0 Å². The second kappa shape index (κ2) is 5.77. The van der Waals surface area contributed by atoms with E-state index in [4.69, 9.17) is 5.11 Å². The van der Waals surface area contributed by atoms with Gasteiger partial charge in [-0.1, -0.05) is 12.2 Å². The van der Waals surface area contributed by atoms with E-state index >= 15 is 0 Å². The maximum atomic E-state index is 12.4. The zero-order valence-corrected chi connectivity index (χ0v) is 13.4. The largest absolute Gasteiger partial charge is 0.480 e.